The quantitative estimate of drug-likeness (QED) is 0.139. The topological polar surface area (TPSA) is 106 Å². The lowest BCUT2D eigenvalue weighted by Gasteiger charge is -2.32. The smallest absolute Gasteiger partial charge is 0.399 e. The minimum atomic E-state index is -0.427. The number of aromatic nitrogens is 8. The molecule has 0 aliphatic carbocycles. The van der Waals surface area contributed by atoms with Crippen molar-refractivity contribution < 1.29 is 10.7 Å². The molecule has 0 unspecified atom stereocenters. The van der Waals surface area contributed by atoms with Crippen LogP contribution in [0, 0.1) is 0 Å². The number of para-hydroxylation sites is 4. The van der Waals surface area contributed by atoms with E-state index in [1.54, 1.807) is 11.3 Å². The molecule has 0 spiro atoms. The summed E-state index contributed by atoms with van der Waals surface area (Å²) in [5.41, 5.74) is 12.0. The molecule has 7 heterocycles. The van der Waals surface area contributed by atoms with Gasteiger partial charge < -0.3 is 18.4 Å². The van der Waals surface area contributed by atoms with E-state index in [4.69, 9.17) is 35.9 Å². The molecule has 1 aliphatic rings. The van der Waals surface area contributed by atoms with Crippen LogP contribution in [0.5, 0.6) is 0 Å². The molecule has 98 heavy (non-hydrogen) atoms. The largest absolute Gasteiger partial charge is 0.496 e. The van der Waals surface area contributed by atoms with Gasteiger partial charge in [0.25, 0.3) is 0 Å². The highest BCUT2D eigenvalue weighted by molar-refractivity contribution is 7.27. The molecular weight excluding hydrogens is 1260 g/mol. The van der Waals surface area contributed by atoms with Crippen LogP contribution in [-0.4, -0.2) is 57.4 Å². The molecule has 1 aliphatic heterocycles. The van der Waals surface area contributed by atoms with Gasteiger partial charge in [0.15, 0.2) is 29.1 Å². The Labute approximate surface area is 580 Å². The number of hydrogen-bond donors (Lipinski definition) is 0. The Balaban J connectivity index is 0.000000124. The van der Waals surface area contributed by atoms with Crippen LogP contribution in [-0.2, 0) is 9.31 Å². The van der Waals surface area contributed by atoms with Crippen molar-refractivity contribution in [3.05, 3.63) is 296 Å². The predicted molar refractivity (Wildman–Crippen MR) is 411 cm³/mol. The summed E-state index contributed by atoms with van der Waals surface area (Å²) in [4.78, 5) is 28.0. The van der Waals surface area contributed by atoms with E-state index in [0.29, 0.717) is 29.1 Å². The van der Waals surface area contributed by atoms with Gasteiger partial charge in [-0.1, -0.05) is 231 Å². The fourth-order valence-corrected chi connectivity index (χ4v) is 15.9. The molecule has 472 valence electrons. The molecule has 0 N–H and O–H groups in total. The van der Waals surface area contributed by atoms with Crippen LogP contribution in [0.2, 0.25) is 5.28 Å². The minimum Gasteiger partial charge on any atom is -0.399 e. The first-order chi connectivity index (χ1) is 48.0. The number of rotatable bonds is 8. The van der Waals surface area contributed by atoms with E-state index in [1.165, 1.54) is 84.0 Å². The van der Waals surface area contributed by atoms with E-state index >= 15 is 0 Å². The molecule has 0 amide bonds. The van der Waals surface area contributed by atoms with Crippen molar-refractivity contribution in [3.63, 3.8) is 0 Å². The maximum absolute atomic E-state index is 6.58. The van der Waals surface area contributed by atoms with E-state index in [-0.39, 0.29) is 6.71 Å². The zero-order valence-electron chi connectivity index (χ0n) is 53.9. The third kappa shape index (κ3) is 10.9. The zero-order valence-corrected chi connectivity index (χ0v) is 56.3. The maximum Gasteiger partial charge on any atom is 0.496 e. The van der Waals surface area contributed by atoms with Crippen molar-refractivity contribution in [2.75, 3.05) is 0 Å². The fourth-order valence-electron chi connectivity index (χ4n) is 13.3. The fraction of sp³-hybridized carbons (Fsp3) is 0.0714. The Morgan fingerprint density at radius 2 is 0.633 bits per heavy atom. The molecule has 10 nitrogen and oxygen atoms in total. The molecule has 12 aromatic carbocycles. The molecule has 1 fully saturated rings. The maximum atomic E-state index is 6.58. The first kappa shape index (κ1) is 60.6. The zero-order chi connectivity index (χ0) is 66.1. The molecule has 0 radical (unpaired) electrons. The SMILES string of the molecule is CC1(C)OB(c2cc(-n3c4ccccc4c4ccccc43)cc3c2sc2ccccc23)OC1(C)C.Clc1nc(-c2ccccc2)nc(-c2ccccc2)n1.[2HH].c1ccc(-c2nc(-c3ccccc3)nc(-c3cc(-n4c5ccccc5c5ccccc54)cc4c3sc3ccccc34)n2)cc1. The highest BCUT2D eigenvalue weighted by Gasteiger charge is 2.52. The van der Waals surface area contributed by atoms with Crippen LogP contribution in [0.25, 0.3) is 152 Å². The standard InChI is InChI=1S/C39H24N4S.C30H26BNO2S.C15H10ClN3.H2/c1-3-13-25(14-4-1)37-40-38(26-15-5-2-6-16-26)42-39(41-37)32-24-27(23-31-30-19-9-12-22-35(30)44-36(31)32)43-33-20-10-7-17-28(33)29-18-8-11-21-34(29)43;1-29(2)30(3,4)34-31(33-29)24-18-19(17-23-22-13-7-10-16-27(22)35-28(23)24)32-25-14-8-5-11-20(25)21-12-6-9-15-26(21)32;16-15-18-13(11-7-3-1-4-8-11)17-14(19-15)12-9-5-2-6-10-12;/h1-24H;5-18H,1-4H3;1-10H;1H/i;;;1+1. The molecule has 19 rings (SSSR count). The van der Waals surface area contributed by atoms with Crippen molar-refractivity contribution in [2.24, 2.45) is 0 Å². The van der Waals surface area contributed by atoms with Crippen LogP contribution >= 0.6 is 34.3 Å². The predicted octanol–water partition coefficient (Wildman–Crippen LogP) is 21.9. The lowest BCUT2D eigenvalue weighted by Crippen LogP contribution is -2.41. The third-order valence-corrected chi connectivity index (χ3v) is 21.4. The number of fused-ring (bicyclic) bond motifs is 12. The lowest BCUT2D eigenvalue weighted by molar-refractivity contribution is 0.00578. The summed E-state index contributed by atoms with van der Waals surface area (Å²) in [6.07, 6.45) is 0. The van der Waals surface area contributed by atoms with Crippen molar-refractivity contribution in [1.29, 1.82) is 0 Å². The van der Waals surface area contributed by atoms with Crippen LogP contribution in [0.3, 0.4) is 0 Å². The Morgan fingerprint density at radius 3 is 1.03 bits per heavy atom. The highest BCUT2D eigenvalue weighted by Crippen LogP contribution is 2.45. The molecule has 14 heteroatoms. The van der Waals surface area contributed by atoms with Gasteiger partial charge in [-0.2, -0.15) is 9.97 Å². The van der Waals surface area contributed by atoms with Gasteiger partial charge >= 0.3 is 7.12 Å². The summed E-state index contributed by atoms with van der Waals surface area (Å²) < 4.78 is 22.8. The normalized spacial score (nSPS) is 13.4. The second-order valence-corrected chi connectivity index (χ2v) is 27.8. The van der Waals surface area contributed by atoms with Crippen LogP contribution in [0.15, 0.2) is 291 Å². The number of thiophene rings is 2. The summed E-state index contributed by atoms with van der Waals surface area (Å²) in [5, 5.41) is 10.1. The molecule has 18 aromatic rings. The van der Waals surface area contributed by atoms with Gasteiger partial charge in [-0.3, -0.25) is 0 Å². The summed E-state index contributed by atoms with van der Waals surface area (Å²) in [5.74, 6) is 3.15. The Bertz CT molecular complexity index is 5830. The van der Waals surface area contributed by atoms with E-state index in [9.17, 15) is 0 Å². The van der Waals surface area contributed by atoms with Gasteiger partial charge in [0.1, 0.15) is 0 Å². The monoisotopic (exact) mass is 1330 g/mol. The summed E-state index contributed by atoms with van der Waals surface area (Å²) in [6.45, 7) is 8.47. The molecule has 1 saturated heterocycles. The van der Waals surface area contributed by atoms with E-state index in [1.807, 2.05) is 108 Å². The average Bonchev–Trinajstić information content (AvgIpc) is 1.59. The summed E-state index contributed by atoms with van der Waals surface area (Å²) in [7, 11) is -0.427. The molecule has 6 aromatic heterocycles. The molecular formula is C84H62BClN8O2S2. The van der Waals surface area contributed by atoms with E-state index < -0.39 is 18.3 Å². The molecule has 0 bridgehead atoms. The highest BCUT2D eigenvalue weighted by atomic mass is 35.5. The van der Waals surface area contributed by atoms with Crippen molar-refractivity contribution in [2.45, 2.75) is 38.9 Å². The second-order valence-electron chi connectivity index (χ2n) is 25.3. The van der Waals surface area contributed by atoms with Gasteiger partial charge in [-0.25, -0.2) is 19.9 Å². The van der Waals surface area contributed by atoms with Crippen LogP contribution < -0.4 is 5.46 Å². The number of halogens is 1. The van der Waals surface area contributed by atoms with Crippen LogP contribution in [0.1, 0.15) is 29.1 Å². The van der Waals surface area contributed by atoms with Crippen molar-refractivity contribution >= 4 is 131 Å². The Kier molecular flexibility index (Phi) is 15.4. The van der Waals surface area contributed by atoms with E-state index in [0.717, 1.165) is 44.7 Å². The van der Waals surface area contributed by atoms with Gasteiger partial charge in [-0.15, -0.1) is 22.7 Å². The summed E-state index contributed by atoms with van der Waals surface area (Å²) >= 11 is 9.60. The van der Waals surface area contributed by atoms with Gasteiger partial charge in [0, 0.05) is 108 Å². The first-order valence-electron chi connectivity index (χ1n) is 32.6. The number of hydrogen-bond acceptors (Lipinski definition) is 10. The molecule has 0 saturated carbocycles. The van der Waals surface area contributed by atoms with Gasteiger partial charge in [-0.05, 0) is 100.0 Å². The lowest BCUT2D eigenvalue weighted by atomic mass is 9.78. The first-order valence-corrected chi connectivity index (χ1v) is 34.6. The number of nitrogens with zero attached hydrogens (tertiary/aromatic N) is 8. The van der Waals surface area contributed by atoms with Crippen molar-refractivity contribution in [3.8, 4) is 68.3 Å². The summed E-state index contributed by atoms with van der Waals surface area (Å²) in [6, 6.07) is 101. The average molecular weight is 1330 g/mol. The Morgan fingerprint density at radius 1 is 0.327 bits per heavy atom. The Hall–Kier alpha value is -11.0. The molecule has 0 atom stereocenters. The van der Waals surface area contributed by atoms with Crippen molar-refractivity contribution in [1.82, 2.24) is 39.0 Å². The van der Waals surface area contributed by atoms with Crippen LogP contribution in [0.4, 0.5) is 0 Å². The number of benzene rings is 12. The van der Waals surface area contributed by atoms with E-state index in [2.05, 4.69) is 246 Å². The second kappa shape index (κ2) is 24.9. The minimum absolute atomic E-state index is 0. The third-order valence-electron chi connectivity index (χ3n) is 18.8. The van der Waals surface area contributed by atoms with Gasteiger partial charge in [0.05, 0.1) is 33.3 Å². The van der Waals surface area contributed by atoms with Gasteiger partial charge in [0.2, 0.25) is 5.28 Å².